The lowest BCUT2D eigenvalue weighted by atomic mass is 9.91. The molecule has 1 saturated carbocycles. The molecule has 8 aromatic rings. The summed E-state index contributed by atoms with van der Waals surface area (Å²) in [7, 11) is 1.87. The van der Waals surface area contributed by atoms with Gasteiger partial charge >= 0.3 is 11.4 Å². The number of hydrogen-bond acceptors (Lipinski definition) is 8. The van der Waals surface area contributed by atoms with Crippen molar-refractivity contribution in [1.82, 2.24) is 48.3 Å². The van der Waals surface area contributed by atoms with Crippen molar-refractivity contribution in [3.05, 3.63) is 140 Å². The van der Waals surface area contributed by atoms with E-state index in [-0.39, 0.29) is 23.3 Å². The van der Waals surface area contributed by atoms with E-state index < -0.39 is 17.3 Å². The van der Waals surface area contributed by atoms with E-state index in [4.69, 9.17) is 14.4 Å². The van der Waals surface area contributed by atoms with Gasteiger partial charge in [-0.25, -0.2) is 18.7 Å². The maximum absolute atomic E-state index is 15.5. The van der Waals surface area contributed by atoms with Crippen LogP contribution in [0.1, 0.15) is 89.3 Å². The van der Waals surface area contributed by atoms with Crippen molar-refractivity contribution in [1.29, 1.82) is 0 Å². The van der Waals surface area contributed by atoms with E-state index in [2.05, 4.69) is 44.9 Å². The highest BCUT2D eigenvalue weighted by Gasteiger charge is 2.59. The van der Waals surface area contributed by atoms with Gasteiger partial charge in [-0.2, -0.15) is 10.2 Å². The molecule has 0 bridgehead atoms. The van der Waals surface area contributed by atoms with Crippen LogP contribution in [0, 0.1) is 25.6 Å². The van der Waals surface area contributed by atoms with Gasteiger partial charge in [0.2, 0.25) is 0 Å². The first-order valence-corrected chi connectivity index (χ1v) is 21.2. The third-order valence-electron chi connectivity index (χ3n) is 13.6. The Hall–Kier alpha value is -6.81. The highest BCUT2D eigenvalue weighted by Crippen LogP contribution is 2.56. The van der Waals surface area contributed by atoms with Crippen LogP contribution in [-0.2, 0) is 23.7 Å². The molecule has 11 rings (SSSR count). The van der Waals surface area contributed by atoms with Crippen LogP contribution in [0.5, 0.6) is 0 Å². The summed E-state index contributed by atoms with van der Waals surface area (Å²) in [6.07, 6.45) is 8.09. The predicted molar refractivity (Wildman–Crippen MR) is 228 cm³/mol. The number of fused-ring (bicyclic) bond motifs is 3. The van der Waals surface area contributed by atoms with E-state index in [1.54, 1.807) is 63.1 Å². The molecule has 3 aromatic carbocycles. The van der Waals surface area contributed by atoms with Crippen molar-refractivity contribution in [3.8, 4) is 17.2 Å². The first-order valence-electron chi connectivity index (χ1n) is 21.2. The van der Waals surface area contributed by atoms with E-state index in [1.165, 1.54) is 5.56 Å². The number of hydrogen-bond donors (Lipinski definition) is 1. The van der Waals surface area contributed by atoms with Gasteiger partial charge in [0.15, 0.2) is 5.82 Å². The lowest BCUT2D eigenvalue weighted by Gasteiger charge is -2.34. The van der Waals surface area contributed by atoms with Gasteiger partial charge < -0.3 is 14.2 Å². The van der Waals surface area contributed by atoms with Crippen LogP contribution >= 0.6 is 0 Å². The highest BCUT2D eigenvalue weighted by atomic mass is 19.1. The van der Waals surface area contributed by atoms with Crippen molar-refractivity contribution in [3.63, 3.8) is 0 Å². The number of aromatic amines is 1. The summed E-state index contributed by atoms with van der Waals surface area (Å²) in [4.78, 5) is 47.1. The first kappa shape index (κ1) is 38.1. The lowest BCUT2D eigenvalue weighted by Crippen LogP contribution is -2.41. The molecule has 2 fully saturated rings. The molecular formula is C46H45FN10O5. The Morgan fingerprint density at radius 2 is 1.66 bits per heavy atom. The summed E-state index contributed by atoms with van der Waals surface area (Å²) in [5.41, 5.74) is 5.90. The third kappa shape index (κ3) is 5.65. The number of aromatic nitrogens is 9. The quantitative estimate of drug-likeness (QED) is 0.190. The van der Waals surface area contributed by atoms with Gasteiger partial charge in [0.1, 0.15) is 22.9 Å². The second-order valence-electron chi connectivity index (χ2n) is 17.3. The summed E-state index contributed by atoms with van der Waals surface area (Å²) in [6.45, 7) is 9.23. The van der Waals surface area contributed by atoms with Crippen LogP contribution in [0.4, 0.5) is 4.39 Å². The van der Waals surface area contributed by atoms with Crippen molar-refractivity contribution in [2.75, 3.05) is 19.8 Å². The van der Waals surface area contributed by atoms with Crippen LogP contribution < -0.4 is 11.4 Å². The minimum atomic E-state index is -0.813. The minimum absolute atomic E-state index is 0.0354. The third-order valence-corrected chi connectivity index (χ3v) is 13.6. The number of carbonyl (C=O) groups excluding carboxylic acids is 1. The molecule has 1 saturated heterocycles. The maximum atomic E-state index is 15.5. The average Bonchev–Trinajstić information content (AvgIpc) is 3.90. The number of imidazole rings is 1. The summed E-state index contributed by atoms with van der Waals surface area (Å²) in [6, 6.07) is 17.0. The van der Waals surface area contributed by atoms with E-state index in [9.17, 15) is 9.59 Å². The van der Waals surface area contributed by atoms with E-state index in [0.29, 0.717) is 83.9 Å². The van der Waals surface area contributed by atoms with Crippen molar-refractivity contribution in [2.45, 2.75) is 70.9 Å². The number of benzene rings is 3. The van der Waals surface area contributed by atoms with Gasteiger partial charge in [0, 0.05) is 67.5 Å². The molecule has 0 spiro atoms. The van der Waals surface area contributed by atoms with Gasteiger partial charge in [-0.05, 0) is 117 Å². The van der Waals surface area contributed by atoms with Gasteiger partial charge in [0.05, 0.1) is 34.8 Å². The topological polar surface area (TPSA) is 156 Å². The number of carbonyl (C=O) groups is 1. The van der Waals surface area contributed by atoms with E-state index in [1.807, 2.05) is 43.1 Å². The number of rotatable bonds is 7. The van der Waals surface area contributed by atoms with Crippen LogP contribution in [0.25, 0.3) is 39.0 Å². The molecule has 7 heterocycles. The normalized spacial score (nSPS) is 20.4. The van der Waals surface area contributed by atoms with Crippen molar-refractivity contribution < 1.29 is 18.4 Å². The zero-order valence-corrected chi connectivity index (χ0v) is 35.1. The first-order chi connectivity index (χ1) is 29.9. The maximum Gasteiger partial charge on any atom is 0.438 e. The Bertz CT molecular complexity index is 3220. The molecule has 2 aliphatic heterocycles. The van der Waals surface area contributed by atoms with Crippen molar-refractivity contribution >= 4 is 27.7 Å². The molecule has 0 radical (unpaired) electrons. The van der Waals surface area contributed by atoms with Gasteiger partial charge in [0.25, 0.3) is 5.91 Å². The molecular weight excluding hydrogens is 792 g/mol. The summed E-state index contributed by atoms with van der Waals surface area (Å²) in [5.74, 6) is 0.0573. The Labute approximate surface area is 353 Å². The van der Waals surface area contributed by atoms with Crippen LogP contribution in [-0.4, -0.2) is 74.0 Å². The number of amides is 1. The summed E-state index contributed by atoms with van der Waals surface area (Å²) < 4.78 is 34.5. The van der Waals surface area contributed by atoms with Gasteiger partial charge in [-0.1, -0.05) is 18.1 Å². The number of nitrogens with zero attached hydrogens (tertiary/aromatic N) is 9. The molecule has 16 heteroatoms. The molecule has 62 heavy (non-hydrogen) atoms. The largest absolute Gasteiger partial charge is 0.438 e. The van der Waals surface area contributed by atoms with Crippen LogP contribution in [0.3, 0.4) is 0 Å². The molecule has 0 unspecified atom stereocenters. The Kier molecular flexibility index (Phi) is 8.52. The zero-order chi connectivity index (χ0) is 42.8. The van der Waals surface area contributed by atoms with Gasteiger partial charge in [-0.15, -0.1) is 0 Å². The molecule has 3 aliphatic rings. The fourth-order valence-corrected chi connectivity index (χ4v) is 10.2. The van der Waals surface area contributed by atoms with E-state index in [0.717, 1.165) is 40.3 Å². The Morgan fingerprint density at radius 1 is 0.919 bits per heavy atom. The SMILES string of the molecule is Cc1cc(-n2nc3c(c2-n2ccn(-c4ccc5c(cnn5C)c4)c2=O)[C@H](C)N(C(=O)c2cc4cc(C5CCOCC5)ccc4n2[C@@]2(c4noc(=O)[nH]4)C[C@@H]2C)CC3)cc(C)c1F. The molecule has 1 aliphatic carbocycles. The van der Waals surface area contributed by atoms with Crippen LogP contribution in [0.15, 0.2) is 87.3 Å². The second-order valence-corrected chi connectivity index (χ2v) is 17.3. The molecule has 1 N–H and O–H groups in total. The van der Waals surface area contributed by atoms with Gasteiger partial charge in [-0.3, -0.25) is 28.1 Å². The van der Waals surface area contributed by atoms with Crippen LogP contribution in [0.2, 0.25) is 0 Å². The fourth-order valence-electron chi connectivity index (χ4n) is 10.2. The smallest absolute Gasteiger partial charge is 0.381 e. The van der Waals surface area contributed by atoms with Crippen molar-refractivity contribution in [2.24, 2.45) is 13.0 Å². The number of aryl methyl sites for hydroxylation is 3. The Balaban J connectivity index is 1.06. The molecule has 3 atom stereocenters. The monoisotopic (exact) mass is 836 g/mol. The Morgan fingerprint density at radius 3 is 2.39 bits per heavy atom. The fraction of sp³-hybridized carbons (Fsp3) is 0.348. The number of ether oxygens (including phenoxy) is 1. The molecule has 5 aromatic heterocycles. The molecule has 1 amide bonds. The highest BCUT2D eigenvalue weighted by molar-refractivity contribution is 6.00. The zero-order valence-electron chi connectivity index (χ0n) is 35.1. The number of H-pyrrole nitrogens is 1. The predicted octanol–water partition coefficient (Wildman–Crippen LogP) is 6.52. The lowest BCUT2D eigenvalue weighted by molar-refractivity contribution is 0.0663. The standard InChI is InChI=1S/C46H45FN10O5/c1-25-18-34(19-26(2)40(25)47)57-41(55-15-14-54(45(55)60)33-7-9-36-32(21-33)24-48-52(36)5)39-28(4)53(13-10-35(39)50-57)42(58)38-22-31-20-30(29-11-16-61-17-12-29)6-8-37(31)56(38)46(23-27(46)3)43-49-44(59)62-51-43/h6-9,14-15,18-22,24,27-29H,10-13,16-17,23H2,1-5H3,(H,49,51,59)/t27-,28-,46-/m0/s1. The second kappa shape index (κ2) is 13.9. The number of nitrogens with one attached hydrogen (secondary N) is 1. The molecule has 316 valence electrons. The van der Waals surface area contributed by atoms with E-state index >= 15 is 9.18 Å². The molecule has 15 nitrogen and oxygen atoms in total. The number of halogens is 1. The summed E-state index contributed by atoms with van der Waals surface area (Å²) in [5, 5.41) is 15.5. The average molecular weight is 837 g/mol. The summed E-state index contributed by atoms with van der Waals surface area (Å²) >= 11 is 0. The minimum Gasteiger partial charge on any atom is -0.381 e.